The second-order valence-electron chi connectivity index (χ2n) is 4.76. The maximum Gasteiger partial charge on any atom is 0.317 e. The summed E-state index contributed by atoms with van der Waals surface area (Å²) in [6.07, 6.45) is 0. The van der Waals surface area contributed by atoms with Gasteiger partial charge in [-0.3, -0.25) is 9.59 Å². The summed E-state index contributed by atoms with van der Waals surface area (Å²) in [5.41, 5.74) is 0.808. The molecule has 98 valence electrons. The first-order valence-corrected chi connectivity index (χ1v) is 6.07. The van der Waals surface area contributed by atoms with Crippen molar-refractivity contribution >= 4 is 17.7 Å². The molecule has 0 saturated carbocycles. The van der Waals surface area contributed by atoms with Crippen molar-refractivity contribution in [1.29, 1.82) is 0 Å². The van der Waals surface area contributed by atoms with Crippen molar-refractivity contribution in [2.75, 3.05) is 18.0 Å². The number of carboxylic acid groups (broad SMARTS) is 1. The number of nitrogens with zero attached hydrogens (tertiary/aromatic N) is 3. The predicted octanol–water partition coefficient (Wildman–Crippen LogP) is 1.19. The van der Waals surface area contributed by atoms with Gasteiger partial charge < -0.3 is 10.0 Å². The highest BCUT2D eigenvalue weighted by Crippen LogP contribution is 2.27. The van der Waals surface area contributed by atoms with Crippen LogP contribution in [0, 0.1) is 5.92 Å². The molecule has 1 atom stereocenters. The molecule has 0 fully saturated rings. The summed E-state index contributed by atoms with van der Waals surface area (Å²) in [5, 5.41) is 13.3. The number of carbonyl (C=O) groups excluding carboxylic acids is 1. The van der Waals surface area contributed by atoms with Crippen LogP contribution < -0.4 is 4.90 Å². The molecule has 0 aliphatic carbocycles. The van der Waals surface area contributed by atoms with Crippen LogP contribution in [0.3, 0.4) is 0 Å². The van der Waals surface area contributed by atoms with Crippen LogP contribution >= 0.6 is 0 Å². The minimum atomic E-state index is -1.09. The zero-order chi connectivity index (χ0) is 13.4. The summed E-state index contributed by atoms with van der Waals surface area (Å²) in [5.74, 6) is -1.67. The van der Waals surface area contributed by atoms with E-state index in [-0.39, 0.29) is 12.5 Å². The van der Waals surface area contributed by atoms with Crippen LogP contribution in [0.15, 0.2) is 6.07 Å². The van der Waals surface area contributed by atoms with Gasteiger partial charge in [-0.2, -0.15) is 9.78 Å². The van der Waals surface area contributed by atoms with Crippen molar-refractivity contribution in [3.63, 3.8) is 0 Å². The van der Waals surface area contributed by atoms with Gasteiger partial charge in [-0.25, -0.2) is 0 Å². The number of fused-ring (bicyclic) bond motifs is 1. The molecule has 6 heteroatoms. The quantitative estimate of drug-likeness (QED) is 0.817. The van der Waals surface area contributed by atoms with Gasteiger partial charge in [-0.05, 0) is 12.8 Å². The number of hydrogen-bond donors (Lipinski definition) is 1. The molecule has 6 nitrogen and oxygen atoms in total. The van der Waals surface area contributed by atoms with Gasteiger partial charge in [0.1, 0.15) is 5.82 Å². The number of hydrogen-bond acceptors (Lipinski definition) is 4. The summed E-state index contributed by atoms with van der Waals surface area (Å²) < 4.78 is 1.24. The van der Waals surface area contributed by atoms with E-state index in [9.17, 15) is 9.59 Å². The zero-order valence-electron chi connectivity index (χ0n) is 10.8. The van der Waals surface area contributed by atoms with Crippen LogP contribution in [0.2, 0.25) is 0 Å². The minimum absolute atomic E-state index is 0.206. The van der Waals surface area contributed by atoms with Crippen LogP contribution in [-0.2, 0) is 4.79 Å². The first-order chi connectivity index (χ1) is 8.45. The Morgan fingerprint density at radius 1 is 1.61 bits per heavy atom. The molecule has 1 aromatic rings. The maximum absolute atomic E-state index is 12.0. The Balaban J connectivity index is 2.47. The summed E-state index contributed by atoms with van der Waals surface area (Å²) >= 11 is 0. The lowest BCUT2D eigenvalue weighted by molar-refractivity contribution is -0.140. The summed E-state index contributed by atoms with van der Waals surface area (Å²) in [6.45, 7) is 6.78. The highest BCUT2D eigenvalue weighted by Gasteiger charge is 2.37. The Kier molecular flexibility index (Phi) is 3.11. The third kappa shape index (κ3) is 1.87. The first-order valence-electron chi connectivity index (χ1n) is 6.07. The molecule has 2 heterocycles. The van der Waals surface area contributed by atoms with Gasteiger partial charge >= 0.3 is 5.97 Å². The van der Waals surface area contributed by atoms with Crippen molar-refractivity contribution in [3.8, 4) is 0 Å². The third-order valence-corrected chi connectivity index (χ3v) is 3.21. The van der Waals surface area contributed by atoms with Gasteiger partial charge in [0.05, 0.1) is 5.69 Å². The summed E-state index contributed by atoms with van der Waals surface area (Å²) in [6, 6.07) is 1.87. The Morgan fingerprint density at radius 2 is 2.28 bits per heavy atom. The van der Waals surface area contributed by atoms with Gasteiger partial charge in [-0.1, -0.05) is 13.8 Å². The Bertz CT molecular complexity index is 493. The Morgan fingerprint density at radius 3 is 2.78 bits per heavy atom. The molecule has 18 heavy (non-hydrogen) atoms. The average Bonchev–Trinajstić information content (AvgIpc) is 2.74. The fraction of sp³-hybridized carbons (Fsp3) is 0.583. The van der Waals surface area contributed by atoms with Crippen molar-refractivity contribution in [3.05, 3.63) is 11.8 Å². The fourth-order valence-corrected chi connectivity index (χ4v) is 2.07. The predicted molar refractivity (Wildman–Crippen MR) is 66.0 cm³/mol. The standard InChI is InChI=1S/C12H17N3O3/c1-4-14-6-8(12(17)18)11(16)15-10(14)5-9(13-15)7(2)3/h5,7-8H,4,6H2,1-3H3,(H,17,18). The Hall–Kier alpha value is -1.85. The lowest BCUT2D eigenvalue weighted by atomic mass is 10.1. The number of aliphatic carboxylic acids is 1. The van der Waals surface area contributed by atoms with E-state index in [0.717, 1.165) is 5.69 Å². The second kappa shape index (κ2) is 4.44. The van der Waals surface area contributed by atoms with Gasteiger partial charge in [0.2, 0.25) is 0 Å². The largest absolute Gasteiger partial charge is 0.481 e. The van der Waals surface area contributed by atoms with E-state index < -0.39 is 17.8 Å². The van der Waals surface area contributed by atoms with Crippen molar-refractivity contribution in [1.82, 2.24) is 9.78 Å². The normalized spacial score (nSPS) is 19.2. The van der Waals surface area contributed by atoms with E-state index in [1.165, 1.54) is 4.68 Å². The first kappa shape index (κ1) is 12.6. The average molecular weight is 251 g/mol. The van der Waals surface area contributed by atoms with E-state index in [1.54, 1.807) is 0 Å². The SMILES string of the molecule is CCN1CC(C(=O)O)C(=O)n2nc(C(C)C)cc21. The second-order valence-corrected chi connectivity index (χ2v) is 4.76. The van der Waals surface area contributed by atoms with E-state index in [4.69, 9.17) is 5.11 Å². The van der Waals surface area contributed by atoms with Crippen LogP contribution in [0.1, 0.15) is 37.2 Å². The highest BCUT2D eigenvalue weighted by molar-refractivity contribution is 6.01. The van der Waals surface area contributed by atoms with E-state index in [2.05, 4.69) is 5.10 Å². The lowest BCUT2D eigenvalue weighted by Gasteiger charge is -2.30. The fourth-order valence-electron chi connectivity index (χ4n) is 2.07. The molecular formula is C12H17N3O3. The number of anilines is 1. The molecule has 0 saturated heterocycles. The molecule has 0 radical (unpaired) electrons. The number of aromatic nitrogens is 2. The molecular weight excluding hydrogens is 234 g/mol. The van der Waals surface area contributed by atoms with E-state index in [0.29, 0.717) is 12.4 Å². The maximum atomic E-state index is 12.0. The molecule has 1 aliphatic rings. The smallest absolute Gasteiger partial charge is 0.317 e. The molecule has 0 aromatic carbocycles. The van der Waals surface area contributed by atoms with Gasteiger partial charge in [0.15, 0.2) is 5.92 Å². The number of rotatable bonds is 3. The minimum Gasteiger partial charge on any atom is -0.481 e. The highest BCUT2D eigenvalue weighted by atomic mass is 16.4. The molecule has 2 rings (SSSR count). The van der Waals surface area contributed by atoms with E-state index >= 15 is 0 Å². The number of carboxylic acids is 1. The molecule has 0 bridgehead atoms. The molecule has 1 aromatic heterocycles. The summed E-state index contributed by atoms with van der Waals surface area (Å²) in [4.78, 5) is 25.0. The van der Waals surface area contributed by atoms with Crippen LogP contribution in [0.5, 0.6) is 0 Å². The van der Waals surface area contributed by atoms with Gasteiger partial charge in [-0.15, -0.1) is 0 Å². The van der Waals surface area contributed by atoms with Gasteiger partial charge in [0.25, 0.3) is 5.91 Å². The summed E-state index contributed by atoms with van der Waals surface area (Å²) in [7, 11) is 0. The molecule has 1 unspecified atom stereocenters. The van der Waals surface area contributed by atoms with Crippen molar-refractivity contribution in [2.24, 2.45) is 5.92 Å². The van der Waals surface area contributed by atoms with Crippen LogP contribution in [-0.4, -0.2) is 39.9 Å². The third-order valence-electron chi connectivity index (χ3n) is 3.21. The van der Waals surface area contributed by atoms with Gasteiger partial charge in [0, 0.05) is 19.2 Å². The molecule has 0 spiro atoms. The number of carbonyl (C=O) groups is 2. The lowest BCUT2D eigenvalue weighted by Crippen LogP contribution is -2.46. The molecule has 1 aliphatic heterocycles. The van der Waals surface area contributed by atoms with Crippen molar-refractivity contribution < 1.29 is 14.7 Å². The van der Waals surface area contributed by atoms with Crippen molar-refractivity contribution in [2.45, 2.75) is 26.7 Å². The molecule has 0 amide bonds. The Labute approximate surface area is 105 Å². The monoisotopic (exact) mass is 251 g/mol. The van der Waals surface area contributed by atoms with E-state index in [1.807, 2.05) is 31.7 Å². The zero-order valence-corrected chi connectivity index (χ0v) is 10.8. The topological polar surface area (TPSA) is 75.4 Å². The molecule has 1 N–H and O–H groups in total. The van der Waals surface area contributed by atoms with Crippen LogP contribution in [0.25, 0.3) is 0 Å². The van der Waals surface area contributed by atoms with Crippen LogP contribution in [0.4, 0.5) is 5.82 Å².